The van der Waals surface area contributed by atoms with Crippen molar-refractivity contribution in [2.24, 2.45) is 0 Å². The third kappa shape index (κ3) is 4.92. The predicted octanol–water partition coefficient (Wildman–Crippen LogP) is 5.56. The summed E-state index contributed by atoms with van der Waals surface area (Å²) >= 11 is 1.53. The van der Waals surface area contributed by atoms with Gasteiger partial charge in [0.15, 0.2) is 0 Å². The Morgan fingerprint density at radius 1 is 1.06 bits per heavy atom. The molecule has 0 spiro atoms. The molecule has 9 heteroatoms. The number of aromatic nitrogens is 3. The molecule has 0 unspecified atom stereocenters. The Hall–Kier alpha value is -2.81. The number of carboxylic acids is 1. The Kier molecular flexibility index (Phi) is 6.18. The van der Waals surface area contributed by atoms with Crippen LogP contribution in [0.2, 0.25) is 0 Å². The van der Waals surface area contributed by atoms with Crippen LogP contribution in [0.5, 0.6) is 0 Å². The molecule has 0 aliphatic heterocycles. The normalized spacial score (nSPS) is 12.2. The van der Waals surface area contributed by atoms with Crippen LogP contribution in [0.1, 0.15) is 41.9 Å². The number of benzene rings is 2. The summed E-state index contributed by atoms with van der Waals surface area (Å²) in [6.07, 6.45) is -4.39. The van der Waals surface area contributed by atoms with E-state index in [2.05, 4.69) is 10.2 Å². The fourth-order valence-electron chi connectivity index (χ4n) is 3.14. The van der Waals surface area contributed by atoms with Crippen molar-refractivity contribution in [3.05, 3.63) is 70.5 Å². The highest BCUT2D eigenvalue weighted by Crippen LogP contribution is 2.32. The minimum Gasteiger partial charge on any atom is -0.481 e. The van der Waals surface area contributed by atoms with Crippen LogP contribution in [0.4, 0.5) is 13.2 Å². The topological polar surface area (TPSA) is 68.0 Å². The third-order valence-electron chi connectivity index (χ3n) is 5.08. The molecule has 0 saturated carbocycles. The Morgan fingerprint density at radius 3 is 2.26 bits per heavy atom. The molecule has 1 N–H and O–H groups in total. The van der Waals surface area contributed by atoms with Crippen LogP contribution in [0.15, 0.2) is 47.4 Å². The monoisotopic (exact) mass is 449 g/mol. The van der Waals surface area contributed by atoms with E-state index in [9.17, 15) is 23.1 Å². The molecule has 5 nitrogen and oxygen atoms in total. The van der Waals surface area contributed by atoms with E-state index in [4.69, 9.17) is 0 Å². The predicted molar refractivity (Wildman–Crippen MR) is 112 cm³/mol. The van der Waals surface area contributed by atoms with E-state index in [1.165, 1.54) is 28.7 Å². The molecule has 0 saturated heterocycles. The summed E-state index contributed by atoms with van der Waals surface area (Å²) in [5, 5.41) is 18.2. The van der Waals surface area contributed by atoms with Gasteiger partial charge in [-0.2, -0.15) is 28.2 Å². The van der Waals surface area contributed by atoms with E-state index in [0.29, 0.717) is 17.1 Å². The fourth-order valence-corrected chi connectivity index (χ4v) is 4.13. The van der Waals surface area contributed by atoms with E-state index in [1.54, 1.807) is 20.8 Å². The fraction of sp³-hybridized carbons (Fsp3) is 0.318. The lowest BCUT2D eigenvalue weighted by atomic mass is 9.82. The highest BCUT2D eigenvalue weighted by atomic mass is 32.2. The van der Waals surface area contributed by atoms with Crippen LogP contribution in [-0.4, -0.2) is 26.1 Å². The van der Waals surface area contributed by atoms with E-state index in [0.717, 1.165) is 33.8 Å². The Bertz CT molecular complexity index is 1110. The zero-order chi connectivity index (χ0) is 23.0. The number of aryl methyl sites for hydroxylation is 2. The van der Waals surface area contributed by atoms with Crippen LogP contribution in [0.25, 0.3) is 5.69 Å². The number of halogens is 3. The zero-order valence-electron chi connectivity index (χ0n) is 17.5. The molecule has 0 atom stereocenters. The average Bonchev–Trinajstić information content (AvgIpc) is 3.06. The van der Waals surface area contributed by atoms with Crippen molar-refractivity contribution >= 4 is 17.7 Å². The van der Waals surface area contributed by atoms with Crippen molar-refractivity contribution in [1.82, 2.24) is 15.0 Å². The van der Waals surface area contributed by atoms with E-state index < -0.39 is 23.1 Å². The Morgan fingerprint density at radius 2 is 1.71 bits per heavy atom. The molecule has 1 aromatic heterocycles. The van der Waals surface area contributed by atoms with Gasteiger partial charge < -0.3 is 5.11 Å². The first-order chi connectivity index (χ1) is 14.4. The van der Waals surface area contributed by atoms with Crippen LogP contribution < -0.4 is 0 Å². The highest BCUT2D eigenvalue weighted by Gasteiger charge is 2.31. The number of carbonyl (C=O) groups is 1. The molecule has 31 heavy (non-hydrogen) atoms. The molecule has 0 bridgehead atoms. The summed E-state index contributed by atoms with van der Waals surface area (Å²) in [6.45, 7) is 7.03. The average molecular weight is 449 g/mol. The Balaban J connectivity index is 1.74. The summed E-state index contributed by atoms with van der Waals surface area (Å²) in [6, 6.07) is 10.3. The number of alkyl halides is 3. The van der Waals surface area contributed by atoms with Gasteiger partial charge in [-0.25, -0.2) is 0 Å². The molecule has 0 amide bonds. The molecule has 2 aromatic carbocycles. The molecule has 0 fully saturated rings. The van der Waals surface area contributed by atoms with E-state index in [1.807, 2.05) is 25.1 Å². The van der Waals surface area contributed by atoms with Gasteiger partial charge >= 0.3 is 12.1 Å². The first-order valence-electron chi connectivity index (χ1n) is 9.47. The minimum absolute atomic E-state index is 0.448. The summed E-state index contributed by atoms with van der Waals surface area (Å²) in [7, 11) is 0. The summed E-state index contributed by atoms with van der Waals surface area (Å²) in [4.78, 5) is 13.8. The largest absolute Gasteiger partial charge is 0.481 e. The first-order valence-corrected chi connectivity index (χ1v) is 10.5. The molecule has 1 heterocycles. The number of hydrogen-bond acceptors (Lipinski definition) is 4. The molecular formula is C22H22F3N3O2S. The zero-order valence-corrected chi connectivity index (χ0v) is 18.3. The van der Waals surface area contributed by atoms with Crippen LogP contribution in [0.3, 0.4) is 0 Å². The summed E-state index contributed by atoms with van der Waals surface area (Å²) in [5.41, 5.74) is 1.81. The van der Waals surface area contributed by atoms with Gasteiger partial charge in [-0.3, -0.25) is 4.79 Å². The SMILES string of the molecule is Cc1cc(SCc2nn(-c3ccc(C(F)(F)F)cc3)nc2C)ccc1C(C)(C)C(=O)O. The summed E-state index contributed by atoms with van der Waals surface area (Å²) in [5.74, 6) is -0.361. The molecule has 164 valence electrons. The molecule has 0 aliphatic rings. The third-order valence-corrected chi connectivity index (χ3v) is 6.09. The van der Waals surface area contributed by atoms with E-state index in [-0.39, 0.29) is 0 Å². The Labute approximate surface area is 182 Å². The van der Waals surface area contributed by atoms with Gasteiger partial charge in [0.1, 0.15) is 0 Å². The molecular weight excluding hydrogens is 427 g/mol. The van der Waals surface area contributed by atoms with Crippen LogP contribution in [0, 0.1) is 13.8 Å². The maximum Gasteiger partial charge on any atom is 0.416 e. The first kappa shape index (κ1) is 22.9. The van der Waals surface area contributed by atoms with Gasteiger partial charge in [-0.05, 0) is 75.2 Å². The molecule has 0 radical (unpaired) electrons. The van der Waals surface area contributed by atoms with Crippen molar-refractivity contribution in [3.8, 4) is 5.69 Å². The number of rotatable bonds is 6. The number of thioether (sulfide) groups is 1. The van der Waals surface area contributed by atoms with Crippen LogP contribution in [-0.2, 0) is 22.1 Å². The quantitative estimate of drug-likeness (QED) is 0.499. The lowest BCUT2D eigenvalue weighted by Gasteiger charge is -2.22. The maximum absolute atomic E-state index is 12.7. The summed E-state index contributed by atoms with van der Waals surface area (Å²) < 4.78 is 38.2. The molecule has 3 rings (SSSR count). The number of carboxylic acid groups (broad SMARTS) is 1. The highest BCUT2D eigenvalue weighted by molar-refractivity contribution is 7.98. The van der Waals surface area contributed by atoms with E-state index >= 15 is 0 Å². The van der Waals surface area contributed by atoms with Crippen molar-refractivity contribution < 1.29 is 23.1 Å². The van der Waals surface area contributed by atoms with Crippen molar-refractivity contribution in [3.63, 3.8) is 0 Å². The number of nitrogens with zero attached hydrogens (tertiary/aromatic N) is 3. The van der Waals surface area contributed by atoms with Gasteiger partial charge in [0, 0.05) is 10.6 Å². The lowest BCUT2D eigenvalue weighted by molar-refractivity contribution is -0.142. The van der Waals surface area contributed by atoms with Gasteiger partial charge in [-0.15, -0.1) is 11.8 Å². The second-order valence-corrected chi connectivity index (χ2v) is 8.81. The standard InChI is InChI=1S/C22H22F3N3O2S/c1-13-11-17(9-10-18(13)21(3,4)20(29)30)31-12-19-14(2)26-28(27-19)16-7-5-15(6-8-16)22(23,24)25/h5-11H,12H2,1-4H3,(H,29,30). The molecule has 3 aromatic rings. The van der Waals surface area contributed by atoms with Gasteiger partial charge in [0.25, 0.3) is 0 Å². The maximum atomic E-state index is 12.7. The minimum atomic E-state index is -4.39. The number of hydrogen-bond donors (Lipinski definition) is 1. The second-order valence-electron chi connectivity index (χ2n) is 7.76. The van der Waals surface area contributed by atoms with Crippen molar-refractivity contribution in [2.45, 2.75) is 49.9 Å². The second kappa shape index (κ2) is 8.37. The van der Waals surface area contributed by atoms with Gasteiger partial charge in [0.05, 0.1) is 28.1 Å². The van der Waals surface area contributed by atoms with Gasteiger partial charge in [-0.1, -0.05) is 6.07 Å². The van der Waals surface area contributed by atoms with Gasteiger partial charge in [0.2, 0.25) is 0 Å². The van der Waals surface area contributed by atoms with Crippen molar-refractivity contribution in [1.29, 1.82) is 0 Å². The lowest BCUT2D eigenvalue weighted by Crippen LogP contribution is -2.29. The molecule has 0 aliphatic carbocycles. The number of aliphatic carboxylic acids is 1. The smallest absolute Gasteiger partial charge is 0.416 e. The van der Waals surface area contributed by atoms with Crippen LogP contribution >= 0.6 is 11.8 Å². The van der Waals surface area contributed by atoms with Crippen molar-refractivity contribution in [2.75, 3.05) is 0 Å².